The molecule has 1 aliphatic heterocycles. The molecule has 0 saturated carbocycles. The summed E-state index contributed by atoms with van der Waals surface area (Å²) in [5.74, 6) is 1.12. The molecule has 0 spiro atoms. The fourth-order valence-corrected chi connectivity index (χ4v) is 4.84. The Kier molecular flexibility index (Phi) is 6.61. The van der Waals surface area contributed by atoms with Gasteiger partial charge in [0.2, 0.25) is 0 Å². The van der Waals surface area contributed by atoms with Crippen molar-refractivity contribution in [3.05, 3.63) is 82.0 Å². The molecule has 6 nitrogen and oxygen atoms in total. The van der Waals surface area contributed by atoms with Crippen molar-refractivity contribution in [1.29, 1.82) is 0 Å². The van der Waals surface area contributed by atoms with E-state index in [9.17, 15) is 9.59 Å². The van der Waals surface area contributed by atoms with Crippen LogP contribution in [0.3, 0.4) is 0 Å². The summed E-state index contributed by atoms with van der Waals surface area (Å²) in [5, 5.41) is 4.72. The first-order valence-electron chi connectivity index (χ1n) is 10.8. The minimum absolute atomic E-state index is 0.0613. The molecule has 0 aliphatic carbocycles. The number of aromatic nitrogens is 3. The molecule has 0 radical (unpaired) electrons. The third kappa shape index (κ3) is 4.46. The van der Waals surface area contributed by atoms with Crippen molar-refractivity contribution in [2.24, 2.45) is 0 Å². The van der Waals surface area contributed by atoms with E-state index in [-0.39, 0.29) is 17.5 Å². The van der Waals surface area contributed by atoms with Gasteiger partial charge in [-0.1, -0.05) is 42.5 Å². The number of hydrogen-bond donors (Lipinski definition) is 0. The van der Waals surface area contributed by atoms with Crippen LogP contribution >= 0.6 is 11.8 Å². The summed E-state index contributed by atoms with van der Waals surface area (Å²) in [4.78, 5) is 28.9. The lowest BCUT2D eigenvalue weighted by Gasteiger charge is -2.32. The summed E-state index contributed by atoms with van der Waals surface area (Å²) in [5.41, 5.74) is 1.77. The minimum Gasteiger partial charge on any atom is -0.339 e. The number of likely N-dealkylation sites (tertiary alicyclic amines) is 1. The summed E-state index contributed by atoms with van der Waals surface area (Å²) in [6.07, 6.45) is 3.62. The Labute approximate surface area is 186 Å². The van der Waals surface area contributed by atoms with E-state index >= 15 is 0 Å². The third-order valence-electron chi connectivity index (χ3n) is 5.93. The molecule has 4 rings (SSSR count). The van der Waals surface area contributed by atoms with Gasteiger partial charge < -0.3 is 4.90 Å². The first kappa shape index (κ1) is 21.4. The second-order valence-electron chi connectivity index (χ2n) is 7.80. The summed E-state index contributed by atoms with van der Waals surface area (Å²) in [6, 6.07) is 17.7. The SMILES string of the molecule is CCn1c(C2CCN(C(=O)c3ccccc3SC)CC2)nn(Cc2ccccc2)c1=O. The van der Waals surface area contributed by atoms with Crippen LogP contribution in [0, 0.1) is 0 Å². The average molecular weight is 437 g/mol. The zero-order chi connectivity index (χ0) is 21.8. The highest BCUT2D eigenvalue weighted by molar-refractivity contribution is 7.98. The Morgan fingerprint density at radius 2 is 1.74 bits per heavy atom. The number of benzene rings is 2. The molecule has 1 amide bonds. The van der Waals surface area contributed by atoms with Crippen molar-refractivity contribution in [3.8, 4) is 0 Å². The molecule has 1 fully saturated rings. The van der Waals surface area contributed by atoms with Gasteiger partial charge in [-0.25, -0.2) is 9.48 Å². The fraction of sp³-hybridized carbons (Fsp3) is 0.375. The highest BCUT2D eigenvalue weighted by atomic mass is 32.2. The van der Waals surface area contributed by atoms with Gasteiger partial charge in [-0.15, -0.1) is 11.8 Å². The Hall–Kier alpha value is -2.80. The van der Waals surface area contributed by atoms with Crippen LogP contribution in [0.15, 0.2) is 64.3 Å². The highest BCUT2D eigenvalue weighted by Gasteiger charge is 2.29. The van der Waals surface area contributed by atoms with Crippen molar-refractivity contribution in [1.82, 2.24) is 19.2 Å². The zero-order valence-corrected chi connectivity index (χ0v) is 18.8. The molecule has 7 heteroatoms. The number of piperidine rings is 1. The Morgan fingerprint density at radius 1 is 1.06 bits per heavy atom. The van der Waals surface area contributed by atoms with Gasteiger partial charge in [0.25, 0.3) is 5.91 Å². The van der Waals surface area contributed by atoms with Gasteiger partial charge in [0.1, 0.15) is 5.82 Å². The quantitative estimate of drug-likeness (QED) is 0.551. The minimum atomic E-state index is -0.0613. The van der Waals surface area contributed by atoms with E-state index in [0.29, 0.717) is 26.2 Å². The van der Waals surface area contributed by atoms with Crippen LogP contribution in [-0.4, -0.2) is 44.5 Å². The summed E-state index contributed by atoms with van der Waals surface area (Å²) >= 11 is 1.60. The van der Waals surface area contributed by atoms with Crippen LogP contribution in [-0.2, 0) is 13.1 Å². The van der Waals surface area contributed by atoms with Gasteiger partial charge in [-0.2, -0.15) is 5.10 Å². The smallest absolute Gasteiger partial charge is 0.339 e. The Morgan fingerprint density at radius 3 is 2.42 bits per heavy atom. The van der Waals surface area contributed by atoms with E-state index in [1.165, 1.54) is 0 Å². The molecule has 0 unspecified atom stereocenters. The first-order chi connectivity index (χ1) is 15.1. The van der Waals surface area contributed by atoms with Crippen molar-refractivity contribution in [2.45, 2.75) is 43.7 Å². The molecule has 3 aromatic rings. The van der Waals surface area contributed by atoms with Crippen LogP contribution in [0.5, 0.6) is 0 Å². The molecule has 1 aliphatic rings. The number of carbonyl (C=O) groups excluding carboxylic acids is 1. The summed E-state index contributed by atoms with van der Waals surface area (Å²) in [6.45, 7) is 4.41. The lowest BCUT2D eigenvalue weighted by molar-refractivity contribution is 0.0706. The summed E-state index contributed by atoms with van der Waals surface area (Å²) < 4.78 is 3.36. The van der Waals surface area contributed by atoms with Crippen molar-refractivity contribution in [2.75, 3.05) is 19.3 Å². The van der Waals surface area contributed by atoms with E-state index in [1.807, 2.05) is 72.7 Å². The number of carbonyl (C=O) groups is 1. The van der Waals surface area contributed by atoms with Gasteiger partial charge in [0.05, 0.1) is 12.1 Å². The Bertz CT molecular complexity index is 1100. The van der Waals surface area contributed by atoms with Gasteiger partial charge in [-0.05, 0) is 43.7 Å². The molecule has 162 valence electrons. The van der Waals surface area contributed by atoms with Crippen LogP contribution < -0.4 is 5.69 Å². The molecular formula is C24H28N4O2S. The number of nitrogens with zero attached hydrogens (tertiary/aromatic N) is 4. The van der Waals surface area contributed by atoms with E-state index in [4.69, 9.17) is 5.10 Å². The molecule has 0 bridgehead atoms. The highest BCUT2D eigenvalue weighted by Crippen LogP contribution is 2.29. The van der Waals surface area contributed by atoms with E-state index in [0.717, 1.165) is 34.7 Å². The van der Waals surface area contributed by atoms with Gasteiger partial charge in [0, 0.05) is 30.4 Å². The number of rotatable bonds is 6. The molecule has 31 heavy (non-hydrogen) atoms. The Balaban J connectivity index is 1.49. The van der Waals surface area contributed by atoms with Crippen molar-refractivity contribution >= 4 is 17.7 Å². The number of amides is 1. The molecule has 2 aromatic carbocycles. The predicted molar refractivity (Wildman–Crippen MR) is 124 cm³/mol. The lowest BCUT2D eigenvalue weighted by atomic mass is 9.95. The molecule has 0 N–H and O–H groups in total. The predicted octanol–water partition coefficient (Wildman–Crippen LogP) is 3.85. The van der Waals surface area contributed by atoms with E-state index in [2.05, 4.69) is 0 Å². The van der Waals surface area contributed by atoms with Gasteiger partial charge >= 0.3 is 5.69 Å². The standard InChI is InChI=1S/C24H28N4O2S/c1-3-27-22(25-28(24(27)30)17-18-9-5-4-6-10-18)19-13-15-26(16-14-19)23(29)20-11-7-8-12-21(20)31-2/h4-12,19H,3,13-17H2,1-2H3. The maximum absolute atomic E-state index is 13.0. The topological polar surface area (TPSA) is 60.1 Å². The number of thioether (sulfide) groups is 1. The first-order valence-corrected chi connectivity index (χ1v) is 12.0. The maximum Gasteiger partial charge on any atom is 0.346 e. The molecule has 1 saturated heterocycles. The second kappa shape index (κ2) is 9.56. The maximum atomic E-state index is 13.0. The van der Waals surface area contributed by atoms with Crippen LogP contribution in [0.25, 0.3) is 0 Å². The fourth-order valence-electron chi connectivity index (χ4n) is 4.25. The summed E-state index contributed by atoms with van der Waals surface area (Å²) in [7, 11) is 0. The van der Waals surface area contributed by atoms with Gasteiger partial charge in [0.15, 0.2) is 0 Å². The molecule has 2 heterocycles. The molecule has 0 atom stereocenters. The monoisotopic (exact) mass is 436 g/mol. The number of hydrogen-bond acceptors (Lipinski definition) is 4. The largest absolute Gasteiger partial charge is 0.346 e. The van der Waals surface area contributed by atoms with Crippen molar-refractivity contribution in [3.63, 3.8) is 0 Å². The normalized spacial score (nSPS) is 14.7. The zero-order valence-electron chi connectivity index (χ0n) is 18.0. The average Bonchev–Trinajstić information content (AvgIpc) is 3.14. The van der Waals surface area contributed by atoms with Crippen LogP contribution in [0.4, 0.5) is 0 Å². The van der Waals surface area contributed by atoms with Crippen LogP contribution in [0.1, 0.15) is 47.4 Å². The molecule has 1 aromatic heterocycles. The van der Waals surface area contributed by atoms with Crippen LogP contribution in [0.2, 0.25) is 0 Å². The van der Waals surface area contributed by atoms with Crippen molar-refractivity contribution < 1.29 is 4.79 Å². The lowest BCUT2D eigenvalue weighted by Crippen LogP contribution is -2.38. The second-order valence-corrected chi connectivity index (χ2v) is 8.64. The van der Waals surface area contributed by atoms with Gasteiger partial charge in [-0.3, -0.25) is 9.36 Å². The molecular weight excluding hydrogens is 408 g/mol. The van der Waals surface area contributed by atoms with E-state index < -0.39 is 0 Å². The van der Waals surface area contributed by atoms with E-state index in [1.54, 1.807) is 21.0 Å². The third-order valence-corrected chi connectivity index (χ3v) is 6.72.